The van der Waals surface area contributed by atoms with Crippen LogP contribution >= 0.6 is 0 Å². The zero-order chi connectivity index (χ0) is 17.0. The van der Waals surface area contributed by atoms with E-state index in [9.17, 15) is 9.59 Å². The molecule has 1 heterocycles. The molecule has 0 bridgehead atoms. The van der Waals surface area contributed by atoms with Crippen LogP contribution in [0.5, 0.6) is 11.6 Å². The topological polar surface area (TPSA) is 98.7 Å². The molecule has 6 heteroatoms. The van der Waals surface area contributed by atoms with Crippen molar-refractivity contribution in [3.63, 3.8) is 0 Å². The first-order valence-electron chi connectivity index (χ1n) is 7.13. The van der Waals surface area contributed by atoms with Crippen molar-refractivity contribution in [2.45, 2.75) is 26.7 Å². The van der Waals surface area contributed by atoms with Gasteiger partial charge in [0, 0.05) is 6.08 Å². The van der Waals surface area contributed by atoms with E-state index in [1.54, 1.807) is 18.2 Å². The summed E-state index contributed by atoms with van der Waals surface area (Å²) in [5.74, 6) is 0.494. The zero-order valence-corrected chi connectivity index (χ0v) is 13.1. The average molecular weight is 311 g/mol. The molecule has 0 fully saturated rings. The average Bonchev–Trinajstić information content (AvgIpc) is 2.43. The maximum absolute atomic E-state index is 12.0. The van der Waals surface area contributed by atoms with Crippen molar-refractivity contribution in [3.05, 3.63) is 61.8 Å². The van der Waals surface area contributed by atoms with Gasteiger partial charge in [-0.1, -0.05) is 19.9 Å². The van der Waals surface area contributed by atoms with E-state index in [1.807, 2.05) is 32.9 Å². The summed E-state index contributed by atoms with van der Waals surface area (Å²) >= 11 is 0. The molecule has 0 spiro atoms. The molecule has 0 saturated carbocycles. The Morgan fingerprint density at radius 2 is 1.96 bits per heavy atom. The number of ether oxygens (including phenoxy) is 1. The first kappa shape index (κ1) is 16.3. The van der Waals surface area contributed by atoms with Crippen molar-refractivity contribution in [1.82, 2.24) is 9.97 Å². The number of nitrogens with one attached hydrogen (secondary N) is 2. The second kappa shape index (κ2) is 6.79. The Morgan fingerprint density at radius 3 is 2.61 bits per heavy atom. The van der Waals surface area contributed by atoms with E-state index < -0.39 is 11.2 Å². The van der Waals surface area contributed by atoms with E-state index in [0.717, 1.165) is 11.1 Å². The molecule has 1 aromatic heterocycles. The van der Waals surface area contributed by atoms with Crippen LogP contribution in [0.4, 0.5) is 0 Å². The predicted molar refractivity (Wildman–Crippen MR) is 87.7 cm³/mol. The van der Waals surface area contributed by atoms with Crippen molar-refractivity contribution in [3.8, 4) is 17.7 Å². The van der Waals surface area contributed by atoms with Crippen LogP contribution < -0.4 is 16.0 Å². The Hall–Kier alpha value is -3.07. The molecule has 0 aliphatic carbocycles. The van der Waals surface area contributed by atoms with Gasteiger partial charge in [-0.15, -0.1) is 0 Å². The number of nitrogens with zero attached hydrogens (tertiary/aromatic N) is 1. The van der Waals surface area contributed by atoms with Crippen molar-refractivity contribution in [1.29, 1.82) is 5.26 Å². The van der Waals surface area contributed by atoms with Crippen molar-refractivity contribution in [2.24, 2.45) is 0 Å². The lowest BCUT2D eigenvalue weighted by atomic mass is 10.1. The molecular weight excluding hydrogens is 294 g/mol. The second-order valence-electron chi connectivity index (χ2n) is 5.45. The third-order valence-corrected chi connectivity index (χ3v) is 3.16. The molecule has 6 nitrogen and oxygen atoms in total. The molecule has 1 aromatic carbocycles. The number of aromatic amines is 2. The minimum atomic E-state index is -0.619. The number of benzene rings is 1. The van der Waals surface area contributed by atoms with E-state index >= 15 is 0 Å². The largest absolute Gasteiger partial charge is 0.440 e. The van der Waals surface area contributed by atoms with E-state index in [1.165, 1.54) is 6.08 Å². The summed E-state index contributed by atoms with van der Waals surface area (Å²) in [6.45, 7) is 5.57. The fourth-order valence-electron chi connectivity index (χ4n) is 2.26. The minimum Gasteiger partial charge on any atom is -0.440 e. The van der Waals surface area contributed by atoms with Gasteiger partial charge in [-0.05, 0) is 42.2 Å². The van der Waals surface area contributed by atoms with E-state index in [4.69, 9.17) is 10.00 Å². The number of H-pyrrole nitrogens is 2. The predicted octanol–water partition coefficient (Wildman–Crippen LogP) is 2.82. The van der Waals surface area contributed by atoms with Crippen LogP contribution in [-0.2, 0) is 0 Å². The molecule has 0 unspecified atom stereocenters. The zero-order valence-electron chi connectivity index (χ0n) is 13.1. The summed E-state index contributed by atoms with van der Waals surface area (Å²) in [5, 5.41) is 8.61. The van der Waals surface area contributed by atoms with Crippen molar-refractivity contribution < 1.29 is 4.74 Å². The number of aromatic nitrogens is 2. The lowest BCUT2D eigenvalue weighted by molar-refractivity contribution is 0.447. The quantitative estimate of drug-likeness (QED) is 0.848. The molecule has 0 saturated heterocycles. The van der Waals surface area contributed by atoms with Gasteiger partial charge in [-0.25, -0.2) is 4.79 Å². The smallest absolute Gasteiger partial charge is 0.328 e. The summed E-state index contributed by atoms with van der Waals surface area (Å²) in [6, 6.07) is 7.33. The number of nitriles is 1. The Bertz CT molecular complexity index is 899. The van der Waals surface area contributed by atoms with Gasteiger partial charge in [0.1, 0.15) is 5.75 Å². The molecule has 0 aliphatic heterocycles. The van der Waals surface area contributed by atoms with Gasteiger partial charge in [0.05, 0.1) is 11.6 Å². The number of hydrogen-bond donors (Lipinski definition) is 2. The molecule has 118 valence electrons. The van der Waals surface area contributed by atoms with Crippen LogP contribution in [0, 0.1) is 18.3 Å². The van der Waals surface area contributed by atoms with Gasteiger partial charge in [-0.3, -0.25) is 14.8 Å². The molecule has 23 heavy (non-hydrogen) atoms. The fraction of sp³-hybridized carbons (Fsp3) is 0.235. The maximum Gasteiger partial charge on any atom is 0.328 e. The van der Waals surface area contributed by atoms with Gasteiger partial charge < -0.3 is 4.74 Å². The van der Waals surface area contributed by atoms with E-state index in [2.05, 4.69) is 9.97 Å². The molecule has 2 N–H and O–H groups in total. The van der Waals surface area contributed by atoms with Crippen LogP contribution in [0.15, 0.2) is 33.9 Å². The van der Waals surface area contributed by atoms with Gasteiger partial charge in [0.15, 0.2) is 0 Å². The third-order valence-electron chi connectivity index (χ3n) is 3.16. The van der Waals surface area contributed by atoms with E-state index in [0.29, 0.717) is 11.3 Å². The normalized spacial score (nSPS) is 10.9. The summed E-state index contributed by atoms with van der Waals surface area (Å²) in [7, 11) is 0. The van der Waals surface area contributed by atoms with Crippen molar-refractivity contribution in [2.75, 3.05) is 0 Å². The minimum absolute atomic E-state index is 0.117. The molecule has 2 aromatic rings. The lowest BCUT2D eigenvalue weighted by Gasteiger charge is -2.12. The molecule has 0 radical (unpaired) electrons. The number of hydrogen-bond acceptors (Lipinski definition) is 4. The van der Waals surface area contributed by atoms with Crippen LogP contribution in [-0.4, -0.2) is 9.97 Å². The summed E-state index contributed by atoms with van der Waals surface area (Å²) < 4.78 is 5.74. The van der Waals surface area contributed by atoms with Gasteiger partial charge in [0.25, 0.3) is 5.56 Å². The SMILES string of the molecule is Cc1cc(/C=C/C#N)cc(Oc2[nH]c(=O)[nH]c(=O)c2C(C)C)c1. The monoisotopic (exact) mass is 311 g/mol. The van der Waals surface area contributed by atoms with E-state index in [-0.39, 0.29) is 11.8 Å². The lowest BCUT2D eigenvalue weighted by Crippen LogP contribution is -2.26. The standard InChI is InChI=1S/C17H17N3O3/c1-10(2)14-15(21)19-17(22)20-16(14)23-13-8-11(3)7-12(9-13)5-4-6-18/h4-5,7-10H,1-3H3,(H2,19,20,21,22)/b5-4+. The van der Waals surface area contributed by atoms with Gasteiger partial charge >= 0.3 is 5.69 Å². The van der Waals surface area contributed by atoms with Crippen LogP contribution in [0.2, 0.25) is 0 Å². The molecule has 0 atom stereocenters. The molecule has 0 aliphatic rings. The molecule has 2 rings (SSSR count). The van der Waals surface area contributed by atoms with Crippen LogP contribution in [0.3, 0.4) is 0 Å². The molecular formula is C17H17N3O3. The van der Waals surface area contributed by atoms with Gasteiger partial charge in [-0.2, -0.15) is 5.26 Å². The van der Waals surface area contributed by atoms with Crippen molar-refractivity contribution >= 4 is 6.08 Å². The number of rotatable bonds is 4. The highest BCUT2D eigenvalue weighted by Gasteiger charge is 2.15. The second-order valence-corrected chi connectivity index (χ2v) is 5.45. The summed E-state index contributed by atoms with van der Waals surface area (Å²) in [6.07, 6.45) is 3.02. The first-order chi connectivity index (χ1) is 10.9. The highest BCUT2D eigenvalue weighted by atomic mass is 16.5. The number of aryl methyl sites for hydroxylation is 1. The fourth-order valence-corrected chi connectivity index (χ4v) is 2.26. The summed E-state index contributed by atoms with van der Waals surface area (Å²) in [5.41, 5.74) is 1.01. The Labute approximate surface area is 133 Å². The first-order valence-corrected chi connectivity index (χ1v) is 7.13. The Kier molecular flexibility index (Phi) is 4.82. The Morgan fingerprint density at radius 1 is 1.22 bits per heavy atom. The highest BCUT2D eigenvalue weighted by molar-refractivity contribution is 5.55. The van der Waals surface area contributed by atoms with Crippen LogP contribution in [0.25, 0.3) is 6.08 Å². The summed E-state index contributed by atoms with van der Waals surface area (Å²) in [4.78, 5) is 28.2. The third kappa shape index (κ3) is 3.98. The molecule has 0 amide bonds. The number of allylic oxidation sites excluding steroid dienone is 1. The maximum atomic E-state index is 12.0. The van der Waals surface area contributed by atoms with Crippen LogP contribution in [0.1, 0.15) is 36.5 Å². The Balaban J connectivity index is 2.50. The highest BCUT2D eigenvalue weighted by Crippen LogP contribution is 2.26. The van der Waals surface area contributed by atoms with Gasteiger partial charge in [0.2, 0.25) is 5.88 Å².